The van der Waals surface area contributed by atoms with Crippen molar-refractivity contribution in [1.82, 2.24) is 10.2 Å². The van der Waals surface area contributed by atoms with E-state index in [-0.39, 0.29) is 23.8 Å². The Bertz CT molecular complexity index is 1640. The van der Waals surface area contributed by atoms with Gasteiger partial charge in [0, 0.05) is 19.5 Å². The van der Waals surface area contributed by atoms with E-state index in [1.54, 1.807) is 24.3 Å². The van der Waals surface area contributed by atoms with Crippen molar-refractivity contribution in [3.05, 3.63) is 131 Å². The van der Waals surface area contributed by atoms with E-state index in [1.807, 2.05) is 94.4 Å². The first-order valence-corrected chi connectivity index (χ1v) is 15.9. The van der Waals surface area contributed by atoms with Crippen LogP contribution in [0.3, 0.4) is 0 Å². The molecule has 4 rings (SSSR count). The molecular weight excluding hydrogens is 558 g/mol. The van der Waals surface area contributed by atoms with Crippen molar-refractivity contribution in [3.63, 3.8) is 0 Å². The molecule has 0 heterocycles. The zero-order valence-corrected chi connectivity index (χ0v) is 26.0. The summed E-state index contributed by atoms with van der Waals surface area (Å²) in [5, 5.41) is 2.89. The smallest absolute Gasteiger partial charge is 0.264 e. The van der Waals surface area contributed by atoms with Crippen molar-refractivity contribution in [2.75, 3.05) is 17.4 Å². The number of carbonyl (C=O) groups excluding carboxylic acids is 2. The molecule has 8 heteroatoms. The highest BCUT2D eigenvalue weighted by Gasteiger charge is 2.35. The highest BCUT2D eigenvalue weighted by molar-refractivity contribution is 7.92. The molecule has 0 aliphatic rings. The van der Waals surface area contributed by atoms with Crippen LogP contribution in [0, 0.1) is 20.8 Å². The maximum Gasteiger partial charge on any atom is 0.264 e. The van der Waals surface area contributed by atoms with E-state index in [1.165, 1.54) is 21.3 Å². The summed E-state index contributed by atoms with van der Waals surface area (Å²) in [5.41, 5.74) is 4.80. The molecule has 0 spiro atoms. The largest absolute Gasteiger partial charge is 0.355 e. The third-order valence-electron chi connectivity index (χ3n) is 7.34. The van der Waals surface area contributed by atoms with Gasteiger partial charge in [-0.2, -0.15) is 0 Å². The first-order chi connectivity index (χ1) is 20.6. The van der Waals surface area contributed by atoms with Crippen molar-refractivity contribution in [3.8, 4) is 0 Å². The van der Waals surface area contributed by atoms with E-state index < -0.39 is 28.5 Å². The molecule has 1 N–H and O–H groups in total. The van der Waals surface area contributed by atoms with Crippen molar-refractivity contribution in [1.29, 1.82) is 0 Å². The molecule has 0 saturated heterocycles. The van der Waals surface area contributed by atoms with E-state index in [4.69, 9.17) is 0 Å². The molecular formula is C35H39N3O4S. The average molecular weight is 598 g/mol. The molecule has 0 aliphatic heterocycles. The van der Waals surface area contributed by atoms with Crippen molar-refractivity contribution < 1.29 is 18.0 Å². The molecule has 224 valence electrons. The van der Waals surface area contributed by atoms with E-state index >= 15 is 0 Å². The molecule has 0 aliphatic carbocycles. The first-order valence-electron chi connectivity index (χ1n) is 14.4. The Morgan fingerprint density at radius 1 is 0.767 bits per heavy atom. The number of nitrogens with one attached hydrogen (secondary N) is 1. The maximum absolute atomic E-state index is 14.5. The predicted molar refractivity (Wildman–Crippen MR) is 171 cm³/mol. The number of hydrogen-bond donors (Lipinski definition) is 1. The fourth-order valence-electron chi connectivity index (χ4n) is 4.96. The van der Waals surface area contributed by atoms with Crippen LogP contribution >= 0.6 is 0 Å². The molecule has 0 aromatic heterocycles. The Morgan fingerprint density at radius 3 is 2.00 bits per heavy atom. The number of sulfonamides is 1. The van der Waals surface area contributed by atoms with Gasteiger partial charge >= 0.3 is 0 Å². The lowest BCUT2D eigenvalue weighted by Gasteiger charge is -2.34. The van der Waals surface area contributed by atoms with E-state index in [0.717, 1.165) is 22.3 Å². The minimum absolute atomic E-state index is 0.0818. The molecule has 0 fully saturated rings. The summed E-state index contributed by atoms with van der Waals surface area (Å²) in [6.07, 6.45) is 0.277. The number of anilines is 1. The number of hydrogen-bond acceptors (Lipinski definition) is 4. The van der Waals surface area contributed by atoms with Gasteiger partial charge in [-0.15, -0.1) is 0 Å². The summed E-state index contributed by atoms with van der Waals surface area (Å²) < 4.78 is 29.4. The van der Waals surface area contributed by atoms with Gasteiger partial charge in [0.25, 0.3) is 10.0 Å². The predicted octanol–water partition coefficient (Wildman–Crippen LogP) is 5.58. The third kappa shape index (κ3) is 7.90. The lowest BCUT2D eigenvalue weighted by molar-refractivity contribution is -0.140. The van der Waals surface area contributed by atoms with E-state index in [2.05, 4.69) is 5.32 Å². The Hall–Kier alpha value is -4.43. The lowest BCUT2D eigenvalue weighted by atomic mass is 10.0. The van der Waals surface area contributed by atoms with Crippen LogP contribution in [0.25, 0.3) is 0 Å². The van der Waals surface area contributed by atoms with Crippen LogP contribution in [0.15, 0.2) is 108 Å². The lowest BCUT2D eigenvalue weighted by Crippen LogP contribution is -2.53. The second-order valence-electron chi connectivity index (χ2n) is 10.7. The summed E-state index contributed by atoms with van der Waals surface area (Å²) in [6, 6.07) is 30.1. The van der Waals surface area contributed by atoms with Crippen LogP contribution in [-0.4, -0.2) is 44.3 Å². The molecule has 2 amide bonds. The number of amides is 2. The molecule has 4 aromatic rings. The number of likely N-dealkylation sites (N-methyl/N-ethyl adjacent to an activating group) is 1. The second-order valence-corrected chi connectivity index (χ2v) is 12.6. The number of nitrogens with zero attached hydrogens (tertiary/aromatic N) is 2. The number of carbonyl (C=O) groups is 2. The number of aryl methyl sites for hydroxylation is 3. The van der Waals surface area contributed by atoms with Gasteiger partial charge in [0.05, 0.1) is 10.6 Å². The zero-order chi connectivity index (χ0) is 31.0. The van der Waals surface area contributed by atoms with E-state index in [9.17, 15) is 18.0 Å². The average Bonchev–Trinajstić information content (AvgIpc) is 3.01. The maximum atomic E-state index is 14.5. The van der Waals surface area contributed by atoms with Crippen LogP contribution in [-0.2, 0) is 32.6 Å². The van der Waals surface area contributed by atoms with Crippen LogP contribution in [0.4, 0.5) is 5.69 Å². The standard InChI is InChI=1S/C35H39N3O4S/c1-5-36-35(40)33(23-29-12-8-6-9-13-29)37(24-30-20-17-26(2)18-21-30)34(39)25-38(32-22-27(3)16-19-28(32)4)43(41,42)31-14-10-7-11-15-31/h6-22,33H,5,23-25H2,1-4H3,(H,36,40)/t33-/m1/s1. The van der Waals surface area contributed by atoms with Crippen molar-refractivity contribution in [2.24, 2.45) is 0 Å². The quantitative estimate of drug-likeness (QED) is 0.231. The topological polar surface area (TPSA) is 86.8 Å². The summed E-state index contributed by atoms with van der Waals surface area (Å²) >= 11 is 0. The summed E-state index contributed by atoms with van der Waals surface area (Å²) in [5.74, 6) is -0.774. The second kappa shape index (κ2) is 14.2. The zero-order valence-electron chi connectivity index (χ0n) is 25.2. The fourth-order valence-corrected chi connectivity index (χ4v) is 6.45. The van der Waals surface area contributed by atoms with Crippen molar-refractivity contribution >= 4 is 27.5 Å². The Balaban J connectivity index is 1.81. The van der Waals surface area contributed by atoms with Gasteiger partial charge in [0.15, 0.2) is 0 Å². The Labute approximate surface area is 255 Å². The van der Waals surface area contributed by atoms with Gasteiger partial charge in [-0.3, -0.25) is 13.9 Å². The molecule has 7 nitrogen and oxygen atoms in total. The fraction of sp³-hybridized carbons (Fsp3) is 0.257. The van der Waals surface area contributed by atoms with Crippen LogP contribution in [0.2, 0.25) is 0 Å². The molecule has 0 saturated carbocycles. The van der Waals surface area contributed by atoms with Gasteiger partial charge in [-0.1, -0.05) is 90.5 Å². The minimum atomic E-state index is -4.13. The van der Waals surface area contributed by atoms with Gasteiger partial charge in [0.1, 0.15) is 12.6 Å². The highest BCUT2D eigenvalue weighted by Crippen LogP contribution is 2.28. The molecule has 0 radical (unpaired) electrons. The normalized spacial score (nSPS) is 11.9. The Kier molecular flexibility index (Phi) is 10.4. The monoisotopic (exact) mass is 597 g/mol. The van der Waals surface area contributed by atoms with Gasteiger partial charge in [-0.25, -0.2) is 8.42 Å². The first kappa shape index (κ1) is 31.5. The van der Waals surface area contributed by atoms with Crippen molar-refractivity contribution in [2.45, 2.75) is 51.6 Å². The SMILES string of the molecule is CCNC(=O)[C@@H](Cc1ccccc1)N(Cc1ccc(C)cc1)C(=O)CN(c1cc(C)ccc1C)S(=O)(=O)c1ccccc1. The van der Waals surface area contributed by atoms with E-state index in [0.29, 0.717) is 17.8 Å². The molecule has 0 unspecified atom stereocenters. The Morgan fingerprint density at radius 2 is 1.37 bits per heavy atom. The third-order valence-corrected chi connectivity index (χ3v) is 9.11. The van der Waals surface area contributed by atoms with Crippen LogP contribution in [0.1, 0.15) is 34.7 Å². The van der Waals surface area contributed by atoms with Gasteiger partial charge in [-0.05, 0) is 68.1 Å². The molecule has 1 atom stereocenters. The van der Waals surface area contributed by atoms with Gasteiger partial charge < -0.3 is 10.2 Å². The number of rotatable bonds is 12. The number of benzene rings is 4. The minimum Gasteiger partial charge on any atom is -0.355 e. The summed E-state index contributed by atoms with van der Waals surface area (Å²) in [4.78, 5) is 29.6. The molecule has 0 bridgehead atoms. The van der Waals surface area contributed by atoms with Crippen LogP contribution in [0.5, 0.6) is 0 Å². The summed E-state index contributed by atoms with van der Waals surface area (Å²) in [6.45, 7) is 7.58. The molecule has 4 aromatic carbocycles. The summed E-state index contributed by atoms with van der Waals surface area (Å²) in [7, 11) is -4.13. The molecule has 43 heavy (non-hydrogen) atoms. The highest BCUT2D eigenvalue weighted by atomic mass is 32.2. The van der Waals surface area contributed by atoms with Gasteiger partial charge in [0.2, 0.25) is 11.8 Å². The van der Waals surface area contributed by atoms with Crippen LogP contribution < -0.4 is 9.62 Å².